The minimum atomic E-state index is -0.710. The van der Waals surface area contributed by atoms with Crippen molar-refractivity contribution >= 4 is 34.8 Å². The molecule has 2 aromatic carbocycles. The van der Waals surface area contributed by atoms with Crippen LogP contribution in [0.2, 0.25) is 0 Å². The van der Waals surface area contributed by atoms with Crippen molar-refractivity contribution in [3.05, 3.63) is 60.4 Å². The Morgan fingerprint density at radius 2 is 1.20 bits per heavy atom. The summed E-state index contributed by atoms with van der Waals surface area (Å²) in [5.41, 5.74) is 3.69. The average Bonchev–Trinajstić information content (AvgIpc) is 3.81. The molecular weight excluding hydrogens is 753 g/mol. The highest BCUT2D eigenvalue weighted by Crippen LogP contribution is 2.55. The van der Waals surface area contributed by atoms with Gasteiger partial charge in [0.1, 0.15) is 23.7 Å². The van der Waals surface area contributed by atoms with Gasteiger partial charge in [-0.1, -0.05) is 38.1 Å². The van der Waals surface area contributed by atoms with Crippen LogP contribution in [0.4, 0.5) is 9.59 Å². The maximum Gasteiger partial charge on any atom is 0.407 e. The van der Waals surface area contributed by atoms with E-state index in [1.807, 2.05) is 49.9 Å². The van der Waals surface area contributed by atoms with E-state index >= 15 is 0 Å². The van der Waals surface area contributed by atoms with Gasteiger partial charge in [0.2, 0.25) is 11.8 Å². The van der Waals surface area contributed by atoms with Crippen molar-refractivity contribution < 1.29 is 33.4 Å². The van der Waals surface area contributed by atoms with Crippen LogP contribution < -0.4 is 10.6 Å². The molecule has 15 nitrogen and oxygen atoms in total. The van der Waals surface area contributed by atoms with Crippen LogP contribution in [0, 0.1) is 23.7 Å². The summed E-state index contributed by atoms with van der Waals surface area (Å²) in [6.07, 6.45) is 7.36. The van der Waals surface area contributed by atoms with Gasteiger partial charge >= 0.3 is 12.2 Å². The molecule has 15 heteroatoms. The average molecular weight is 807 g/mol. The summed E-state index contributed by atoms with van der Waals surface area (Å²) in [6, 6.07) is 11.1. The second-order valence-corrected chi connectivity index (χ2v) is 17.7. The number of aromatic amines is 2. The van der Waals surface area contributed by atoms with E-state index in [1.165, 1.54) is 14.2 Å². The van der Waals surface area contributed by atoms with Crippen LogP contribution in [0.25, 0.3) is 33.3 Å². The molecule has 2 aliphatic carbocycles. The fourth-order valence-corrected chi connectivity index (χ4v) is 10.2. The Morgan fingerprint density at radius 1 is 0.712 bits per heavy atom. The highest BCUT2D eigenvalue weighted by atomic mass is 16.5. The van der Waals surface area contributed by atoms with Gasteiger partial charge in [-0.2, -0.15) is 0 Å². The lowest BCUT2D eigenvalue weighted by atomic mass is 9.85. The molecule has 3 saturated heterocycles. The van der Waals surface area contributed by atoms with Gasteiger partial charge in [0, 0.05) is 23.2 Å². The largest absolute Gasteiger partial charge is 0.453 e. The summed E-state index contributed by atoms with van der Waals surface area (Å²) in [7, 11) is 2.62. The number of carbonyl (C=O) groups excluding carboxylic acids is 4. The molecular formula is C44H54N8O7. The Hall–Kier alpha value is -5.44. The summed E-state index contributed by atoms with van der Waals surface area (Å²) in [4.78, 5) is 73.4. The first-order valence-electron chi connectivity index (χ1n) is 21.0. The number of nitrogens with one attached hydrogen (secondary N) is 4. The fourth-order valence-electron chi connectivity index (χ4n) is 10.2. The van der Waals surface area contributed by atoms with Crippen LogP contribution in [0.15, 0.2) is 48.8 Å². The standard InChI is InChI=1S/C44H54N8O7/c1-21(2)37(49-43(55)57-5)41(53)51-33-15-28(33)17-35(51)39-45-19-31(47-39)26-9-7-25-14-27(10-8-24(25)13-26)32-20-46-40(48-32)36-18-29-16-34(29)52(36)42(54)38(50-44(56)58-6)30-11-22(3)59-23(4)12-30/h7-10,13-14,19-23,28-30,33-38H,11-12,15-18H2,1-6H3,(H,45,47)(H,46,48)(H,49,55)(H,50,56)/t22-,23+,28-,29-,30?,33-,34-,35+,36+,37+,38?/m1/s1. The molecule has 4 aromatic rings. The van der Waals surface area contributed by atoms with Gasteiger partial charge in [-0.05, 0) is 98.9 Å². The van der Waals surface area contributed by atoms with E-state index in [4.69, 9.17) is 24.2 Å². The molecule has 2 saturated carbocycles. The number of alkyl carbamates (subject to hydrolysis) is 2. The first-order chi connectivity index (χ1) is 28.4. The number of carbonyl (C=O) groups is 4. The second-order valence-electron chi connectivity index (χ2n) is 17.7. The Balaban J connectivity index is 0.911. The molecule has 0 spiro atoms. The Kier molecular flexibility index (Phi) is 10.1. The molecule has 9 rings (SSSR count). The number of rotatable bonds is 10. The predicted octanol–water partition coefficient (Wildman–Crippen LogP) is 6.25. The highest BCUT2D eigenvalue weighted by molar-refractivity contribution is 5.91. The van der Waals surface area contributed by atoms with Crippen LogP contribution in [0.5, 0.6) is 0 Å². The van der Waals surface area contributed by atoms with Crippen molar-refractivity contribution in [3.63, 3.8) is 0 Å². The lowest BCUT2D eigenvalue weighted by molar-refractivity contribution is -0.140. The normalized spacial score (nSPS) is 29.1. The van der Waals surface area contributed by atoms with Crippen molar-refractivity contribution in [3.8, 4) is 22.5 Å². The summed E-state index contributed by atoms with van der Waals surface area (Å²) in [6.45, 7) is 7.86. The molecule has 3 aliphatic heterocycles. The number of H-pyrrole nitrogens is 2. The maximum atomic E-state index is 14.4. The van der Waals surface area contributed by atoms with Crippen LogP contribution in [-0.2, 0) is 23.8 Å². The zero-order valence-corrected chi connectivity index (χ0v) is 34.4. The van der Waals surface area contributed by atoms with Gasteiger partial charge in [-0.3, -0.25) is 9.59 Å². The maximum absolute atomic E-state index is 14.4. The number of amides is 4. The van der Waals surface area contributed by atoms with E-state index in [9.17, 15) is 19.2 Å². The number of nitrogens with zero attached hydrogens (tertiary/aromatic N) is 4. The molecule has 2 unspecified atom stereocenters. The van der Waals surface area contributed by atoms with E-state index in [0.29, 0.717) is 24.7 Å². The van der Waals surface area contributed by atoms with Crippen molar-refractivity contribution in [1.29, 1.82) is 0 Å². The van der Waals surface area contributed by atoms with E-state index in [-0.39, 0.29) is 60.0 Å². The minimum Gasteiger partial charge on any atom is -0.453 e. The molecule has 11 atom stereocenters. The fraction of sp³-hybridized carbons (Fsp3) is 0.545. The number of hydrogen-bond acceptors (Lipinski definition) is 9. The van der Waals surface area contributed by atoms with Crippen LogP contribution in [-0.4, -0.2) is 104 Å². The van der Waals surface area contributed by atoms with Gasteiger partial charge in [0.15, 0.2) is 0 Å². The van der Waals surface area contributed by atoms with Crippen molar-refractivity contribution in [1.82, 2.24) is 40.4 Å². The van der Waals surface area contributed by atoms with Gasteiger partial charge < -0.3 is 44.6 Å². The third-order valence-electron chi connectivity index (χ3n) is 13.3. The van der Waals surface area contributed by atoms with E-state index in [2.05, 4.69) is 57.0 Å². The molecule has 5 aliphatic rings. The van der Waals surface area contributed by atoms with E-state index in [1.54, 1.807) is 0 Å². The number of ether oxygens (including phenoxy) is 3. The summed E-state index contributed by atoms with van der Waals surface area (Å²) < 4.78 is 15.7. The first kappa shape index (κ1) is 39.0. The molecule has 312 valence electrons. The highest BCUT2D eigenvalue weighted by Gasteiger charge is 2.58. The lowest BCUT2D eigenvalue weighted by Crippen LogP contribution is -2.55. The van der Waals surface area contributed by atoms with E-state index < -0.39 is 24.3 Å². The molecule has 0 bridgehead atoms. The van der Waals surface area contributed by atoms with Gasteiger partial charge in [-0.25, -0.2) is 19.6 Å². The van der Waals surface area contributed by atoms with E-state index in [0.717, 1.165) is 70.6 Å². The minimum absolute atomic E-state index is 0.0130. The third-order valence-corrected chi connectivity index (χ3v) is 13.3. The second kappa shape index (κ2) is 15.3. The Morgan fingerprint density at radius 3 is 1.69 bits per heavy atom. The number of aromatic nitrogens is 4. The first-order valence-corrected chi connectivity index (χ1v) is 21.0. The molecule has 2 aromatic heterocycles. The van der Waals surface area contributed by atoms with Gasteiger partial charge in [0.05, 0.1) is 62.3 Å². The molecule has 59 heavy (non-hydrogen) atoms. The summed E-state index contributed by atoms with van der Waals surface area (Å²) >= 11 is 0. The predicted molar refractivity (Wildman–Crippen MR) is 218 cm³/mol. The van der Waals surface area contributed by atoms with Crippen LogP contribution in [0.1, 0.15) is 90.0 Å². The zero-order chi connectivity index (χ0) is 41.3. The number of hydrogen-bond donors (Lipinski definition) is 4. The van der Waals surface area contributed by atoms with Crippen LogP contribution >= 0.6 is 0 Å². The van der Waals surface area contributed by atoms with Gasteiger partial charge in [-0.15, -0.1) is 0 Å². The lowest BCUT2D eigenvalue weighted by Gasteiger charge is -2.38. The smallest absolute Gasteiger partial charge is 0.407 e. The Labute approximate surface area is 343 Å². The molecule has 5 fully saturated rings. The topological polar surface area (TPSA) is 184 Å². The molecule has 4 amide bonds. The number of fused-ring (bicyclic) bond motifs is 3. The quantitative estimate of drug-likeness (QED) is 0.144. The number of likely N-dealkylation sites (tertiary alicyclic amines) is 2. The van der Waals surface area contributed by atoms with Crippen LogP contribution in [0.3, 0.4) is 0 Å². The SMILES string of the molecule is COC(=O)NC(C(=O)N1[C@@H]2C[C@@H]2C[C@H]1c1ncc(-c2ccc3cc(-c4cnc([C@@H]5C[C@H]6C[C@H]6N5C(=O)[C@@H](NC(=O)OC)C(C)C)[nH]4)ccc3c2)[nH]1)C1C[C@@H](C)O[C@@H](C)C1. The molecule has 4 N–H and O–H groups in total. The molecule has 0 radical (unpaired) electrons. The summed E-state index contributed by atoms with van der Waals surface area (Å²) in [5, 5.41) is 7.75. The molecule has 5 heterocycles. The number of imidazole rings is 2. The van der Waals surface area contributed by atoms with Gasteiger partial charge in [0.25, 0.3) is 0 Å². The number of piperidine rings is 2. The monoisotopic (exact) mass is 806 g/mol. The van der Waals surface area contributed by atoms with Crippen molar-refractivity contribution in [2.24, 2.45) is 23.7 Å². The zero-order valence-electron chi connectivity index (χ0n) is 34.4. The summed E-state index contributed by atoms with van der Waals surface area (Å²) in [5.74, 6) is 1.98. The van der Waals surface area contributed by atoms with Crippen molar-refractivity contribution in [2.75, 3.05) is 14.2 Å². The third kappa shape index (κ3) is 7.42. The Bertz CT molecular complexity index is 2260. The van der Waals surface area contributed by atoms with Crippen molar-refractivity contribution in [2.45, 2.75) is 115 Å². The number of benzene rings is 2. The number of methoxy groups -OCH3 is 2.